The number of hydrogen-bond acceptors (Lipinski definition) is 3. The molecule has 0 bridgehead atoms. The molecule has 0 fully saturated rings. The zero-order chi connectivity index (χ0) is 24.6. The van der Waals surface area contributed by atoms with Crippen molar-refractivity contribution in [3.8, 4) is 5.69 Å². The molecule has 0 saturated carbocycles. The summed E-state index contributed by atoms with van der Waals surface area (Å²) in [6.07, 6.45) is 0.640. The number of imidazole rings is 1. The van der Waals surface area contributed by atoms with Crippen molar-refractivity contribution in [3.05, 3.63) is 117 Å². The van der Waals surface area contributed by atoms with Gasteiger partial charge in [-0.3, -0.25) is 4.79 Å². The van der Waals surface area contributed by atoms with Crippen LogP contribution in [-0.4, -0.2) is 19.2 Å². The number of aliphatic hydroxyl groups is 1. The average molecular weight is 464 g/mol. The number of benzene rings is 2. The van der Waals surface area contributed by atoms with E-state index in [1.807, 2.05) is 61.9 Å². The topological polar surface area (TPSA) is 60.1 Å². The van der Waals surface area contributed by atoms with Crippen LogP contribution in [0.3, 0.4) is 0 Å². The fourth-order valence-corrected chi connectivity index (χ4v) is 4.13. The summed E-state index contributed by atoms with van der Waals surface area (Å²) in [5, 5.41) is 11.1. The van der Waals surface area contributed by atoms with Gasteiger partial charge in [-0.1, -0.05) is 42.0 Å². The predicted molar refractivity (Wildman–Crippen MR) is 128 cm³/mol. The van der Waals surface area contributed by atoms with E-state index in [2.05, 4.69) is 4.98 Å². The lowest BCUT2D eigenvalue weighted by atomic mass is 9.98. The number of halogens is 2. The third kappa shape index (κ3) is 4.56. The standard InChI is InChI=1S/C27H27F2N3O2/c1-16-5-7-20(8-6-16)19(4)32-14-22(26(28)29)12-23(27(32)34)25(33)21-9-10-24(17(2)11-21)31-13-18(3)30-15-31/h5-15,19,25-26,33H,1-4H3/t19-,25?/m0/s1. The first-order chi connectivity index (χ1) is 16.2. The molecule has 4 aromatic rings. The van der Waals surface area contributed by atoms with Crippen LogP contribution in [0.2, 0.25) is 0 Å². The Balaban J connectivity index is 1.77. The molecule has 2 aromatic heterocycles. The molecule has 0 aliphatic carbocycles. The van der Waals surface area contributed by atoms with Crippen molar-refractivity contribution in [2.24, 2.45) is 0 Å². The van der Waals surface area contributed by atoms with Crippen molar-refractivity contribution in [2.75, 3.05) is 0 Å². The SMILES string of the molecule is Cc1ccc([C@H](C)n2cc(C(F)F)cc(C(O)c3ccc(-n4cnc(C)c4)c(C)c3)c2=O)cc1. The summed E-state index contributed by atoms with van der Waals surface area (Å²) < 4.78 is 30.6. The summed E-state index contributed by atoms with van der Waals surface area (Å²) in [5.41, 5.74) is 4.04. The van der Waals surface area contributed by atoms with Gasteiger partial charge in [0.05, 0.1) is 23.6 Å². The maximum atomic E-state index is 13.7. The molecule has 2 atom stereocenters. The fraction of sp³-hybridized carbons (Fsp3) is 0.259. The van der Waals surface area contributed by atoms with Crippen LogP contribution in [-0.2, 0) is 0 Å². The number of rotatable bonds is 6. The van der Waals surface area contributed by atoms with E-state index in [1.54, 1.807) is 25.4 Å². The van der Waals surface area contributed by atoms with E-state index in [1.165, 1.54) is 10.8 Å². The first-order valence-corrected chi connectivity index (χ1v) is 11.1. The molecule has 0 radical (unpaired) electrons. The first kappa shape index (κ1) is 23.6. The van der Waals surface area contributed by atoms with E-state index in [0.717, 1.165) is 34.1 Å². The Labute approximate surface area is 197 Å². The van der Waals surface area contributed by atoms with Gasteiger partial charge in [0.2, 0.25) is 0 Å². The van der Waals surface area contributed by atoms with Gasteiger partial charge in [-0.05, 0) is 56.5 Å². The van der Waals surface area contributed by atoms with Crippen LogP contribution in [0, 0.1) is 20.8 Å². The Hall–Kier alpha value is -3.58. The number of alkyl halides is 2. The third-order valence-corrected chi connectivity index (χ3v) is 6.14. The van der Waals surface area contributed by atoms with E-state index >= 15 is 0 Å². The molecule has 1 unspecified atom stereocenters. The van der Waals surface area contributed by atoms with Crippen molar-refractivity contribution in [1.29, 1.82) is 0 Å². The van der Waals surface area contributed by atoms with Crippen LogP contribution in [0.25, 0.3) is 5.69 Å². The molecular weight excluding hydrogens is 436 g/mol. The lowest BCUT2D eigenvalue weighted by Crippen LogP contribution is -2.29. The van der Waals surface area contributed by atoms with Gasteiger partial charge in [-0.25, -0.2) is 13.8 Å². The van der Waals surface area contributed by atoms with Gasteiger partial charge in [0.15, 0.2) is 0 Å². The van der Waals surface area contributed by atoms with Crippen LogP contribution >= 0.6 is 0 Å². The van der Waals surface area contributed by atoms with E-state index in [0.29, 0.717) is 5.56 Å². The lowest BCUT2D eigenvalue weighted by Gasteiger charge is -2.21. The molecule has 7 heteroatoms. The quantitative estimate of drug-likeness (QED) is 0.406. The van der Waals surface area contributed by atoms with Crippen LogP contribution in [0.5, 0.6) is 0 Å². The number of hydrogen-bond donors (Lipinski definition) is 1. The maximum Gasteiger partial charge on any atom is 0.265 e. The molecule has 0 aliphatic rings. The monoisotopic (exact) mass is 463 g/mol. The summed E-state index contributed by atoms with van der Waals surface area (Å²) in [6, 6.07) is 13.5. The molecule has 0 saturated heterocycles. The summed E-state index contributed by atoms with van der Waals surface area (Å²) in [4.78, 5) is 17.6. The molecular formula is C27H27F2N3O2. The smallest absolute Gasteiger partial charge is 0.265 e. The highest BCUT2D eigenvalue weighted by Gasteiger charge is 2.23. The second-order valence-electron chi connectivity index (χ2n) is 8.70. The van der Waals surface area contributed by atoms with Crippen molar-refractivity contribution < 1.29 is 13.9 Å². The molecule has 1 N–H and O–H groups in total. The Morgan fingerprint density at radius 2 is 1.59 bits per heavy atom. The normalized spacial score (nSPS) is 13.3. The minimum Gasteiger partial charge on any atom is -0.383 e. The molecule has 176 valence electrons. The molecule has 34 heavy (non-hydrogen) atoms. The lowest BCUT2D eigenvalue weighted by molar-refractivity contribution is 0.149. The van der Waals surface area contributed by atoms with Crippen molar-refractivity contribution >= 4 is 0 Å². The van der Waals surface area contributed by atoms with E-state index in [9.17, 15) is 18.7 Å². The van der Waals surface area contributed by atoms with E-state index in [4.69, 9.17) is 0 Å². The third-order valence-electron chi connectivity index (χ3n) is 6.14. The highest BCUT2D eigenvalue weighted by Crippen LogP contribution is 2.28. The minimum atomic E-state index is -2.78. The average Bonchev–Trinajstić information content (AvgIpc) is 3.24. The van der Waals surface area contributed by atoms with Crippen LogP contribution in [0.15, 0.2) is 72.0 Å². The summed E-state index contributed by atoms with van der Waals surface area (Å²) in [5.74, 6) is 0. The highest BCUT2D eigenvalue weighted by atomic mass is 19.3. The summed E-state index contributed by atoms with van der Waals surface area (Å²) in [6.45, 7) is 7.51. The summed E-state index contributed by atoms with van der Waals surface area (Å²) in [7, 11) is 0. The van der Waals surface area contributed by atoms with Crippen LogP contribution < -0.4 is 5.56 Å². The van der Waals surface area contributed by atoms with Crippen molar-refractivity contribution in [1.82, 2.24) is 14.1 Å². The van der Waals surface area contributed by atoms with Gasteiger partial charge in [0, 0.05) is 23.6 Å². The van der Waals surface area contributed by atoms with Gasteiger partial charge in [0.25, 0.3) is 12.0 Å². The zero-order valence-corrected chi connectivity index (χ0v) is 19.5. The molecule has 4 rings (SSSR count). The Bertz CT molecular complexity index is 1370. The largest absolute Gasteiger partial charge is 0.383 e. The number of pyridine rings is 1. The van der Waals surface area contributed by atoms with Gasteiger partial charge >= 0.3 is 0 Å². The van der Waals surface area contributed by atoms with Gasteiger partial charge in [-0.2, -0.15) is 0 Å². The summed E-state index contributed by atoms with van der Waals surface area (Å²) >= 11 is 0. The Kier molecular flexibility index (Phi) is 6.48. The maximum absolute atomic E-state index is 13.7. The van der Waals surface area contributed by atoms with Crippen molar-refractivity contribution in [2.45, 2.75) is 46.3 Å². The number of nitrogens with zero attached hydrogens (tertiary/aromatic N) is 3. The number of aliphatic hydroxyl groups excluding tert-OH is 1. The molecule has 5 nitrogen and oxygen atoms in total. The minimum absolute atomic E-state index is 0.0811. The Morgan fingerprint density at radius 1 is 0.912 bits per heavy atom. The van der Waals surface area contributed by atoms with Gasteiger partial charge in [-0.15, -0.1) is 0 Å². The van der Waals surface area contributed by atoms with Crippen LogP contribution in [0.4, 0.5) is 8.78 Å². The van der Waals surface area contributed by atoms with Gasteiger partial charge in [0.1, 0.15) is 6.10 Å². The van der Waals surface area contributed by atoms with Gasteiger partial charge < -0.3 is 14.2 Å². The molecule has 0 aliphatic heterocycles. The second-order valence-corrected chi connectivity index (χ2v) is 8.70. The molecule has 0 amide bonds. The predicted octanol–water partition coefficient (Wildman–Crippen LogP) is 5.59. The highest BCUT2D eigenvalue weighted by molar-refractivity contribution is 5.45. The Morgan fingerprint density at radius 3 is 2.18 bits per heavy atom. The van der Waals surface area contributed by atoms with Crippen LogP contribution in [0.1, 0.15) is 64.6 Å². The zero-order valence-electron chi connectivity index (χ0n) is 19.5. The number of aromatic nitrogens is 3. The van der Waals surface area contributed by atoms with Crippen molar-refractivity contribution in [3.63, 3.8) is 0 Å². The first-order valence-electron chi connectivity index (χ1n) is 11.1. The molecule has 2 heterocycles. The number of aryl methyl sites for hydroxylation is 3. The fourth-order valence-electron chi connectivity index (χ4n) is 4.13. The molecule has 2 aromatic carbocycles. The molecule has 0 spiro atoms. The second kappa shape index (κ2) is 9.35. The van der Waals surface area contributed by atoms with E-state index < -0.39 is 24.1 Å². The van der Waals surface area contributed by atoms with E-state index in [-0.39, 0.29) is 11.1 Å².